The number of Topliss-reactive ketones (excluding diaryl/α,β-unsaturated/α-hetero) is 1. The maximum Gasteiger partial charge on any atom is 0.338 e. The number of nitrogens with zero attached hydrogens (tertiary/aromatic N) is 2. The quantitative estimate of drug-likeness (QED) is 0.644. The van der Waals surface area contributed by atoms with Crippen molar-refractivity contribution in [2.75, 3.05) is 13.7 Å². The van der Waals surface area contributed by atoms with Crippen molar-refractivity contribution in [3.05, 3.63) is 18.0 Å². The lowest BCUT2D eigenvalue weighted by Crippen LogP contribution is -2.56. The Bertz CT molecular complexity index is 961. The molecule has 0 aliphatic heterocycles. The molecule has 8 atom stereocenters. The van der Waals surface area contributed by atoms with Crippen molar-refractivity contribution in [1.29, 1.82) is 0 Å². The van der Waals surface area contributed by atoms with Crippen molar-refractivity contribution < 1.29 is 24.5 Å². The van der Waals surface area contributed by atoms with Gasteiger partial charge in [-0.3, -0.25) is 9.48 Å². The van der Waals surface area contributed by atoms with E-state index >= 15 is 0 Å². The third kappa shape index (κ3) is 3.74. The molecule has 7 nitrogen and oxygen atoms in total. The van der Waals surface area contributed by atoms with Crippen LogP contribution in [0.4, 0.5) is 0 Å². The molecular weight excluding hydrogens is 432 g/mol. The molecular formula is C27H40N2O5. The molecule has 34 heavy (non-hydrogen) atoms. The van der Waals surface area contributed by atoms with Crippen molar-refractivity contribution in [2.45, 2.75) is 83.8 Å². The van der Waals surface area contributed by atoms with Gasteiger partial charge in [-0.1, -0.05) is 13.8 Å². The molecule has 0 aromatic carbocycles. The monoisotopic (exact) mass is 472 g/mol. The van der Waals surface area contributed by atoms with Gasteiger partial charge in [-0.2, -0.15) is 5.10 Å². The lowest BCUT2D eigenvalue weighted by atomic mass is 9.44. The SMILES string of the molecule is COC[C@@]1(O)CC[C@@]2(C)[C@@H](CCC3[C@@H]2CC[C@]2(C)[C@@H](C(=O)Cn4cc(C(=O)O)cn4)CC[C@@H]32)C1. The second-order valence-electron chi connectivity index (χ2n) is 12.4. The Morgan fingerprint density at radius 1 is 1.09 bits per heavy atom. The van der Waals surface area contributed by atoms with Crippen molar-refractivity contribution in [3.8, 4) is 0 Å². The van der Waals surface area contributed by atoms with Gasteiger partial charge in [-0.15, -0.1) is 0 Å². The molecule has 4 fully saturated rings. The molecule has 0 amide bonds. The van der Waals surface area contributed by atoms with E-state index in [9.17, 15) is 14.7 Å². The zero-order chi connectivity index (χ0) is 24.3. The number of hydrogen-bond donors (Lipinski definition) is 2. The third-order valence-electron chi connectivity index (χ3n) is 10.8. The number of aliphatic hydroxyl groups is 1. The number of carbonyl (C=O) groups is 2. The summed E-state index contributed by atoms with van der Waals surface area (Å²) < 4.78 is 6.84. The zero-order valence-corrected chi connectivity index (χ0v) is 20.8. The van der Waals surface area contributed by atoms with E-state index in [1.807, 2.05) is 0 Å². The highest BCUT2D eigenvalue weighted by molar-refractivity contribution is 5.87. The summed E-state index contributed by atoms with van der Waals surface area (Å²) in [5.74, 6) is 1.67. The fourth-order valence-corrected chi connectivity index (χ4v) is 9.08. The van der Waals surface area contributed by atoms with Crippen LogP contribution in [0.25, 0.3) is 0 Å². The highest BCUT2D eigenvalue weighted by Gasteiger charge is 2.62. The molecule has 1 aromatic rings. The number of carboxylic acid groups (broad SMARTS) is 1. The Morgan fingerprint density at radius 3 is 2.56 bits per heavy atom. The van der Waals surface area contributed by atoms with Crippen LogP contribution in [-0.2, 0) is 16.1 Å². The van der Waals surface area contributed by atoms with E-state index < -0.39 is 11.6 Å². The van der Waals surface area contributed by atoms with Crippen LogP contribution < -0.4 is 0 Å². The zero-order valence-electron chi connectivity index (χ0n) is 20.8. The number of aromatic carboxylic acids is 1. The van der Waals surface area contributed by atoms with Crippen LogP contribution in [0.5, 0.6) is 0 Å². The van der Waals surface area contributed by atoms with Crippen molar-refractivity contribution in [2.24, 2.45) is 40.4 Å². The summed E-state index contributed by atoms with van der Waals surface area (Å²) in [6.07, 6.45) is 12.2. The number of ether oxygens (including phenoxy) is 1. The molecule has 188 valence electrons. The van der Waals surface area contributed by atoms with Crippen molar-refractivity contribution >= 4 is 11.8 Å². The normalized spacial score (nSPS) is 43.6. The second kappa shape index (κ2) is 8.44. The number of carbonyl (C=O) groups excluding carboxylic acids is 1. The first-order chi connectivity index (χ1) is 16.1. The number of methoxy groups -OCH3 is 1. The maximum atomic E-state index is 13.4. The van der Waals surface area contributed by atoms with E-state index in [-0.39, 0.29) is 34.6 Å². The van der Waals surface area contributed by atoms with Crippen LogP contribution in [0.3, 0.4) is 0 Å². The average molecular weight is 473 g/mol. The minimum Gasteiger partial charge on any atom is -0.478 e. The minimum absolute atomic E-state index is 0.0235. The molecule has 0 radical (unpaired) electrons. The summed E-state index contributed by atoms with van der Waals surface area (Å²) >= 11 is 0. The lowest BCUT2D eigenvalue weighted by Gasteiger charge is -2.62. The van der Waals surface area contributed by atoms with Gasteiger partial charge < -0.3 is 14.9 Å². The van der Waals surface area contributed by atoms with E-state index in [1.54, 1.807) is 7.11 Å². The van der Waals surface area contributed by atoms with Gasteiger partial charge in [0.1, 0.15) is 0 Å². The Morgan fingerprint density at radius 2 is 1.85 bits per heavy atom. The van der Waals surface area contributed by atoms with Crippen LogP contribution in [-0.4, -0.2) is 51.1 Å². The molecule has 4 aliphatic rings. The molecule has 4 aliphatic carbocycles. The molecule has 1 heterocycles. The van der Waals surface area contributed by atoms with Crippen LogP contribution in [0, 0.1) is 40.4 Å². The molecule has 4 saturated carbocycles. The highest BCUT2D eigenvalue weighted by atomic mass is 16.5. The third-order valence-corrected chi connectivity index (χ3v) is 10.8. The number of ketones is 1. The lowest BCUT2D eigenvalue weighted by molar-refractivity contribution is -0.164. The van der Waals surface area contributed by atoms with Crippen LogP contribution in [0.15, 0.2) is 12.4 Å². The molecule has 5 rings (SSSR count). The number of aromatic nitrogens is 2. The largest absolute Gasteiger partial charge is 0.478 e. The summed E-state index contributed by atoms with van der Waals surface area (Å²) in [4.78, 5) is 24.6. The van der Waals surface area contributed by atoms with Gasteiger partial charge in [0.25, 0.3) is 0 Å². The predicted octanol–water partition coefficient (Wildman–Crippen LogP) is 4.19. The summed E-state index contributed by atoms with van der Waals surface area (Å²) in [5, 5.41) is 24.3. The van der Waals surface area contributed by atoms with E-state index in [1.165, 1.54) is 36.3 Å². The summed E-state index contributed by atoms with van der Waals surface area (Å²) in [5.41, 5.74) is -0.254. The molecule has 0 saturated heterocycles. The molecule has 2 N–H and O–H groups in total. The first kappa shape index (κ1) is 24.0. The number of carboxylic acids is 1. The van der Waals surface area contributed by atoms with E-state index in [0.29, 0.717) is 30.3 Å². The minimum atomic E-state index is -1.02. The highest BCUT2D eigenvalue weighted by Crippen LogP contribution is 2.68. The molecule has 7 heteroatoms. The number of rotatable bonds is 6. The number of hydrogen-bond acceptors (Lipinski definition) is 5. The Hall–Kier alpha value is -1.73. The van der Waals surface area contributed by atoms with E-state index in [4.69, 9.17) is 9.84 Å². The van der Waals surface area contributed by atoms with Gasteiger partial charge in [0.05, 0.1) is 30.5 Å². The van der Waals surface area contributed by atoms with Crippen LogP contribution in [0.1, 0.15) is 82.0 Å². The Labute approximate surface area is 202 Å². The Balaban J connectivity index is 1.30. The fraction of sp³-hybridized carbons (Fsp3) is 0.815. The van der Waals surface area contributed by atoms with Crippen molar-refractivity contribution in [3.63, 3.8) is 0 Å². The average Bonchev–Trinajstić information content (AvgIpc) is 3.38. The van der Waals surface area contributed by atoms with Crippen LogP contribution in [0.2, 0.25) is 0 Å². The van der Waals surface area contributed by atoms with Crippen LogP contribution >= 0.6 is 0 Å². The summed E-state index contributed by atoms with van der Waals surface area (Å²) in [6.45, 7) is 5.43. The maximum absolute atomic E-state index is 13.4. The predicted molar refractivity (Wildman–Crippen MR) is 126 cm³/mol. The topological polar surface area (TPSA) is 102 Å². The molecule has 0 bridgehead atoms. The van der Waals surface area contributed by atoms with Gasteiger partial charge in [0, 0.05) is 19.2 Å². The summed E-state index contributed by atoms with van der Waals surface area (Å²) in [6, 6.07) is 0. The fourth-order valence-electron chi connectivity index (χ4n) is 9.08. The molecule has 0 spiro atoms. The molecule has 1 aromatic heterocycles. The standard InChI is InChI=1S/C27H40N2O5/c1-25-10-11-27(33,16-34-3)12-18(25)4-5-19-20-6-7-22(26(20,2)9-8-21(19)25)23(30)15-29-14-17(13-28-29)24(31)32/h13-14,18-22,33H,4-12,15-16H2,1-3H3,(H,31,32)/t18-,19?,20-,21-,22+,25-,26-,27+/m0/s1. The first-order valence-electron chi connectivity index (χ1n) is 13.1. The van der Waals surface area contributed by atoms with E-state index in [0.717, 1.165) is 38.5 Å². The van der Waals surface area contributed by atoms with Gasteiger partial charge in [-0.25, -0.2) is 4.79 Å². The van der Waals surface area contributed by atoms with Crippen molar-refractivity contribution in [1.82, 2.24) is 9.78 Å². The number of fused-ring (bicyclic) bond motifs is 5. The van der Waals surface area contributed by atoms with Gasteiger partial charge in [0.15, 0.2) is 5.78 Å². The smallest absolute Gasteiger partial charge is 0.338 e. The van der Waals surface area contributed by atoms with Gasteiger partial charge >= 0.3 is 5.97 Å². The summed E-state index contributed by atoms with van der Waals surface area (Å²) in [7, 11) is 1.68. The van der Waals surface area contributed by atoms with Gasteiger partial charge in [-0.05, 0) is 92.3 Å². The second-order valence-corrected chi connectivity index (χ2v) is 12.4. The van der Waals surface area contributed by atoms with E-state index in [2.05, 4.69) is 18.9 Å². The Kier molecular flexibility index (Phi) is 5.95. The van der Waals surface area contributed by atoms with Gasteiger partial charge in [0.2, 0.25) is 0 Å². The molecule has 1 unspecified atom stereocenters. The first-order valence-corrected chi connectivity index (χ1v) is 13.1.